The van der Waals surface area contributed by atoms with Crippen molar-refractivity contribution < 1.29 is 23.7 Å². The highest BCUT2D eigenvalue weighted by Gasteiger charge is 2.50. The average molecular weight is 593 g/mol. The highest BCUT2D eigenvalue weighted by Crippen LogP contribution is 2.38. The molecule has 0 atom stereocenters. The Balaban J connectivity index is 1.98. The van der Waals surface area contributed by atoms with Gasteiger partial charge < -0.3 is 23.7 Å². The average Bonchev–Trinajstić information content (AvgIpc) is 2.82. The van der Waals surface area contributed by atoms with E-state index >= 15 is 0 Å². The van der Waals surface area contributed by atoms with Crippen LogP contribution in [0.15, 0.2) is 72.8 Å². The molecule has 0 unspecified atom stereocenters. The summed E-state index contributed by atoms with van der Waals surface area (Å²) in [5.74, 6) is 0.840. The second-order valence-corrected chi connectivity index (χ2v) is 14.5. The minimum atomic E-state index is -2.72. The first-order chi connectivity index (χ1) is 16.3. The standard InChI is InChI=1S/C27H33IO5Si/c1-27(2,3)34(22-11-7-5-8-12-22,23-13-9-6-10-14-23)33-19-21-17-25(29)24(28)18-26(21)32-20-31-16-15-30-4/h5-14,17-18,29H,15-16,19-20H2,1-4H3. The molecule has 0 fully saturated rings. The predicted octanol–water partition coefficient (Wildman–Crippen LogP) is 5.07. The maximum atomic E-state index is 10.4. The fourth-order valence-corrected chi connectivity index (χ4v) is 9.05. The SMILES string of the molecule is COCCOCOc1cc(I)c(O)cc1CO[Si](c1ccccc1)(c1ccccc1)C(C)(C)C. The zero-order valence-electron chi connectivity index (χ0n) is 20.2. The van der Waals surface area contributed by atoms with Gasteiger partial charge in [0.1, 0.15) is 11.5 Å². The summed E-state index contributed by atoms with van der Waals surface area (Å²) in [5, 5.41) is 12.7. The Morgan fingerprint density at radius 1 is 0.882 bits per heavy atom. The topological polar surface area (TPSA) is 57.2 Å². The van der Waals surface area contributed by atoms with Crippen LogP contribution < -0.4 is 15.1 Å². The molecule has 0 radical (unpaired) electrons. The van der Waals surface area contributed by atoms with E-state index in [0.717, 1.165) is 5.56 Å². The molecule has 3 aromatic rings. The van der Waals surface area contributed by atoms with Gasteiger partial charge in [-0.1, -0.05) is 81.4 Å². The lowest BCUT2D eigenvalue weighted by molar-refractivity contribution is -0.00927. The molecule has 1 N–H and O–H groups in total. The van der Waals surface area contributed by atoms with Gasteiger partial charge in [-0.3, -0.25) is 0 Å². The van der Waals surface area contributed by atoms with Crippen LogP contribution in [0.5, 0.6) is 11.5 Å². The van der Waals surface area contributed by atoms with Crippen molar-refractivity contribution in [1.82, 2.24) is 0 Å². The summed E-state index contributed by atoms with van der Waals surface area (Å²) < 4.78 is 24.2. The molecule has 3 aromatic carbocycles. The second kappa shape index (κ2) is 12.2. The van der Waals surface area contributed by atoms with Gasteiger partial charge in [0.2, 0.25) is 0 Å². The Morgan fingerprint density at radius 2 is 1.47 bits per heavy atom. The monoisotopic (exact) mass is 592 g/mol. The van der Waals surface area contributed by atoms with Gasteiger partial charge in [-0.05, 0) is 50.1 Å². The van der Waals surface area contributed by atoms with Gasteiger partial charge in [0.15, 0.2) is 6.79 Å². The van der Waals surface area contributed by atoms with Crippen molar-refractivity contribution >= 4 is 41.3 Å². The third kappa shape index (κ3) is 6.20. The van der Waals surface area contributed by atoms with Gasteiger partial charge in [0.05, 0.1) is 23.4 Å². The first kappa shape index (κ1) is 26.7. The summed E-state index contributed by atoms with van der Waals surface area (Å²) in [5.41, 5.74) is 0.779. The molecule has 0 aliphatic carbocycles. The van der Waals surface area contributed by atoms with E-state index in [0.29, 0.717) is 29.1 Å². The lowest BCUT2D eigenvalue weighted by atomic mass is 10.2. The first-order valence-corrected chi connectivity index (χ1v) is 14.2. The largest absolute Gasteiger partial charge is 0.507 e. The smallest absolute Gasteiger partial charge is 0.261 e. The summed E-state index contributed by atoms with van der Waals surface area (Å²) in [4.78, 5) is 0. The summed E-state index contributed by atoms with van der Waals surface area (Å²) in [7, 11) is -1.09. The molecular formula is C27H33IO5Si. The molecule has 182 valence electrons. The number of hydrogen-bond acceptors (Lipinski definition) is 5. The van der Waals surface area contributed by atoms with Crippen LogP contribution in [0.4, 0.5) is 0 Å². The molecule has 3 rings (SSSR count). The lowest BCUT2D eigenvalue weighted by Gasteiger charge is -2.43. The third-order valence-electron chi connectivity index (χ3n) is 5.72. The molecule has 0 aromatic heterocycles. The highest BCUT2D eigenvalue weighted by atomic mass is 127. The molecule has 34 heavy (non-hydrogen) atoms. The fourth-order valence-electron chi connectivity index (χ4n) is 4.09. The number of methoxy groups -OCH3 is 1. The van der Waals surface area contributed by atoms with Gasteiger partial charge in [0, 0.05) is 12.7 Å². The van der Waals surface area contributed by atoms with Gasteiger partial charge in [-0.15, -0.1) is 0 Å². The third-order valence-corrected chi connectivity index (χ3v) is 11.6. The fraction of sp³-hybridized carbons (Fsp3) is 0.333. The maximum Gasteiger partial charge on any atom is 0.261 e. The molecule has 0 spiro atoms. The predicted molar refractivity (Wildman–Crippen MR) is 147 cm³/mol. The Morgan fingerprint density at radius 3 is 2.00 bits per heavy atom. The number of phenolic OH excluding ortho intramolecular Hbond substituents is 1. The number of halogens is 1. The highest BCUT2D eigenvalue weighted by molar-refractivity contribution is 14.1. The van der Waals surface area contributed by atoms with E-state index in [1.165, 1.54) is 10.4 Å². The molecule has 0 saturated carbocycles. The van der Waals surface area contributed by atoms with Gasteiger partial charge >= 0.3 is 0 Å². The molecule has 7 heteroatoms. The van der Waals surface area contributed by atoms with Crippen LogP contribution in [-0.2, 0) is 20.5 Å². The van der Waals surface area contributed by atoms with Gasteiger partial charge in [0.25, 0.3) is 8.32 Å². The summed E-state index contributed by atoms with van der Waals surface area (Å²) in [6.45, 7) is 8.06. The van der Waals surface area contributed by atoms with Crippen LogP contribution >= 0.6 is 22.6 Å². The number of rotatable bonds is 11. The van der Waals surface area contributed by atoms with E-state index in [-0.39, 0.29) is 17.6 Å². The number of phenols is 1. The normalized spacial score (nSPS) is 12.0. The summed E-state index contributed by atoms with van der Waals surface area (Å²) in [6.07, 6.45) is 0. The molecule has 0 amide bonds. The van der Waals surface area contributed by atoms with Gasteiger partial charge in [-0.2, -0.15) is 0 Å². The Hall–Kier alpha value is -1.91. The Kier molecular flexibility index (Phi) is 9.55. The Labute approximate surface area is 217 Å². The molecule has 5 nitrogen and oxygen atoms in total. The molecule has 0 heterocycles. The van der Waals surface area contributed by atoms with E-state index in [9.17, 15) is 5.11 Å². The molecule has 0 aliphatic heterocycles. The number of hydrogen-bond donors (Lipinski definition) is 1. The molecular weight excluding hydrogens is 559 g/mol. The second-order valence-electron chi connectivity index (χ2n) is 9.03. The number of aromatic hydroxyl groups is 1. The number of benzene rings is 3. The van der Waals surface area contributed by atoms with Crippen molar-refractivity contribution in [3.63, 3.8) is 0 Å². The lowest BCUT2D eigenvalue weighted by Crippen LogP contribution is -2.66. The van der Waals surface area contributed by atoms with Crippen LogP contribution in [-0.4, -0.2) is 40.5 Å². The van der Waals surface area contributed by atoms with Crippen LogP contribution in [0.3, 0.4) is 0 Å². The number of ether oxygens (including phenoxy) is 3. The van der Waals surface area contributed by atoms with E-state index < -0.39 is 8.32 Å². The summed E-state index contributed by atoms with van der Waals surface area (Å²) >= 11 is 2.09. The summed E-state index contributed by atoms with van der Waals surface area (Å²) in [6, 6.07) is 24.5. The molecule has 0 saturated heterocycles. The van der Waals surface area contributed by atoms with E-state index in [1.54, 1.807) is 13.2 Å². The van der Waals surface area contributed by atoms with E-state index in [1.807, 2.05) is 18.2 Å². The van der Waals surface area contributed by atoms with Crippen molar-refractivity contribution in [3.05, 3.63) is 81.9 Å². The van der Waals surface area contributed by atoms with E-state index in [2.05, 4.69) is 91.9 Å². The van der Waals surface area contributed by atoms with Crippen molar-refractivity contribution in [2.45, 2.75) is 32.4 Å². The van der Waals surface area contributed by atoms with Crippen molar-refractivity contribution in [3.8, 4) is 11.5 Å². The first-order valence-electron chi connectivity index (χ1n) is 11.3. The zero-order chi connectivity index (χ0) is 24.6. The van der Waals surface area contributed by atoms with Crippen LogP contribution in [0, 0.1) is 3.57 Å². The minimum absolute atomic E-state index is 0.0937. The maximum absolute atomic E-state index is 10.4. The minimum Gasteiger partial charge on any atom is -0.507 e. The van der Waals surface area contributed by atoms with E-state index in [4.69, 9.17) is 18.6 Å². The van der Waals surface area contributed by atoms with Gasteiger partial charge in [-0.25, -0.2) is 0 Å². The van der Waals surface area contributed by atoms with Crippen LogP contribution in [0.2, 0.25) is 5.04 Å². The molecule has 0 bridgehead atoms. The zero-order valence-corrected chi connectivity index (χ0v) is 23.4. The van der Waals surface area contributed by atoms with Crippen LogP contribution in [0.1, 0.15) is 26.3 Å². The quantitative estimate of drug-likeness (QED) is 0.146. The van der Waals surface area contributed by atoms with Crippen molar-refractivity contribution in [1.29, 1.82) is 0 Å². The Bertz CT molecular complexity index is 999. The van der Waals surface area contributed by atoms with Crippen molar-refractivity contribution in [2.24, 2.45) is 0 Å². The van der Waals surface area contributed by atoms with Crippen molar-refractivity contribution in [2.75, 3.05) is 27.1 Å². The molecule has 0 aliphatic rings. The van der Waals surface area contributed by atoms with Crippen LogP contribution in [0.25, 0.3) is 0 Å².